The summed E-state index contributed by atoms with van der Waals surface area (Å²) in [6.45, 7) is 2.98. The molecule has 3 aromatic heterocycles. The number of pyridine rings is 2. The topological polar surface area (TPSA) is 116 Å². The van der Waals surface area contributed by atoms with Crippen molar-refractivity contribution >= 4 is 17.2 Å². The molecule has 4 heterocycles. The zero-order valence-corrected chi connectivity index (χ0v) is 21.2. The van der Waals surface area contributed by atoms with Gasteiger partial charge in [0.25, 0.3) is 5.91 Å². The van der Waals surface area contributed by atoms with E-state index < -0.39 is 28.6 Å². The molecule has 0 unspecified atom stereocenters. The van der Waals surface area contributed by atoms with Crippen molar-refractivity contribution in [1.82, 2.24) is 19.9 Å². The van der Waals surface area contributed by atoms with Crippen molar-refractivity contribution in [3.05, 3.63) is 77.8 Å². The monoisotopic (exact) mass is 532 g/mol. The summed E-state index contributed by atoms with van der Waals surface area (Å²) in [4.78, 5) is 19.3. The third-order valence-electron chi connectivity index (χ3n) is 6.98. The van der Waals surface area contributed by atoms with Crippen LogP contribution in [-0.2, 0) is 0 Å². The molecule has 9 nitrogen and oxygen atoms in total. The largest absolute Gasteiger partial charge is 0.492 e. The Kier molecular flexibility index (Phi) is 7.13. The van der Waals surface area contributed by atoms with Gasteiger partial charge in [-0.3, -0.25) is 4.79 Å². The summed E-state index contributed by atoms with van der Waals surface area (Å²) in [5, 5.41) is 26.6. The van der Waals surface area contributed by atoms with Gasteiger partial charge in [0.05, 0.1) is 47.8 Å². The number of fused-ring (bicyclic) bond motifs is 1. The smallest absolute Gasteiger partial charge is 0.254 e. The molecule has 11 heteroatoms. The summed E-state index contributed by atoms with van der Waals surface area (Å²) in [6.07, 6.45) is 5.73. The minimum absolute atomic E-state index is 0.339. The summed E-state index contributed by atoms with van der Waals surface area (Å²) < 4.78 is 34.9. The molecule has 0 radical (unpaired) electrons. The number of carbonyl (C=O) groups is 1. The van der Waals surface area contributed by atoms with Gasteiger partial charge in [-0.25, -0.2) is 18.3 Å². The fourth-order valence-electron chi connectivity index (χ4n) is 4.84. The maximum absolute atomic E-state index is 14.1. The van der Waals surface area contributed by atoms with E-state index in [0.717, 1.165) is 29.3 Å². The number of aromatic nitrogens is 3. The molecule has 1 amide bonds. The van der Waals surface area contributed by atoms with E-state index in [4.69, 9.17) is 4.74 Å². The van der Waals surface area contributed by atoms with Crippen LogP contribution in [0.1, 0.15) is 35.7 Å². The second-order valence-corrected chi connectivity index (χ2v) is 9.39. The van der Waals surface area contributed by atoms with Crippen LogP contribution in [0.25, 0.3) is 16.6 Å². The van der Waals surface area contributed by atoms with E-state index in [1.807, 2.05) is 30.0 Å². The van der Waals surface area contributed by atoms with E-state index in [-0.39, 0.29) is 6.61 Å². The Hall–Kier alpha value is -4.56. The van der Waals surface area contributed by atoms with Crippen LogP contribution in [0, 0.1) is 23.0 Å². The Labute approximate surface area is 223 Å². The van der Waals surface area contributed by atoms with Crippen LogP contribution in [-0.4, -0.2) is 57.5 Å². The molecule has 200 valence electrons. The number of nitriles is 1. The summed E-state index contributed by atoms with van der Waals surface area (Å²) in [7, 11) is 0. The Bertz CT molecular complexity index is 1560. The Morgan fingerprint density at radius 2 is 2.00 bits per heavy atom. The number of nitrogens with one attached hydrogen (secondary N) is 1. The number of anilines is 1. The molecule has 1 fully saturated rings. The van der Waals surface area contributed by atoms with E-state index in [9.17, 15) is 23.9 Å². The highest BCUT2D eigenvalue weighted by Crippen LogP contribution is 2.32. The summed E-state index contributed by atoms with van der Waals surface area (Å²) in [5.74, 6) is -0.988. The van der Waals surface area contributed by atoms with Crippen molar-refractivity contribution < 1.29 is 23.4 Å². The lowest BCUT2D eigenvalue weighted by atomic mass is 9.87. The number of aliphatic hydroxyl groups excluding tert-OH is 1. The average molecular weight is 533 g/mol. The minimum Gasteiger partial charge on any atom is -0.492 e. The van der Waals surface area contributed by atoms with Gasteiger partial charge in [-0.2, -0.15) is 10.4 Å². The zero-order chi connectivity index (χ0) is 27.6. The van der Waals surface area contributed by atoms with E-state index in [1.165, 1.54) is 6.20 Å². The average Bonchev–Trinajstić information content (AvgIpc) is 3.37. The number of hydrogen-bond acceptors (Lipinski definition) is 7. The number of aliphatic hydroxyl groups is 1. The van der Waals surface area contributed by atoms with Crippen LogP contribution in [0.15, 0.2) is 55.0 Å². The minimum atomic E-state index is -0.965. The van der Waals surface area contributed by atoms with Gasteiger partial charge < -0.3 is 20.1 Å². The number of benzene rings is 1. The van der Waals surface area contributed by atoms with Crippen molar-refractivity contribution in [3.8, 4) is 22.9 Å². The van der Waals surface area contributed by atoms with Gasteiger partial charge in [0.15, 0.2) is 0 Å². The molecular formula is C28H26F2N6O3. The number of rotatable bonds is 7. The van der Waals surface area contributed by atoms with Gasteiger partial charge in [0, 0.05) is 30.4 Å². The first kappa shape index (κ1) is 26.1. The number of ether oxygens (including phenoxy) is 1. The molecule has 0 saturated carbocycles. The van der Waals surface area contributed by atoms with Crippen LogP contribution in [0.5, 0.6) is 5.75 Å². The first-order chi connectivity index (χ1) is 18.9. The van der Waals surface area contributed by atoms with Crippen molar-refractivity contribution in [3.63, 3.8) is 0 Å². The van der Waals surface area contributed by atoms with Crippen molar-refractivity contribution in [2.45, 2.75) is 25.3 Å². The molecule has 1 aromatic carbocycles. The highest BCUT2D eigenvalue weighted by Gasteiger charge is 2.36. The Morgan fingerprint density at radius 1 is 1.21 bits per heavy atom. The highest BCUT2D eigenvalue weighted by atomic mass is 19.1. The van der Waals surface area contributed by atoms with Gasteiger partial charge in [-0.05, 0) is 56.2 Å². The maximum atomic E-state index is 14.1. The van der Waals surface area contributed by atoms with Crippen molar-refractivity contribution in [2.24, 2.45) is 0 Å². The summed E-state index contributed by atoms with van der Waals surface area (Å²) in [6, 6.07) is 10.5. The fraction of sp³-hybridized carbons (Fsp3) is 0.286. The first-order valence-corrected chi connectivity index (χ1v) is 12.5. The quantitative estimate of drug-likeness (QED) is 0.373. The third-order valence-corrected chi connectivity index (χ3v) is 6.98. The number of nitrogens with zero attached hydrogens (tertiary/aromatic N) is 5. The second-order valence-electron chi connectivity index (χ2n) is 9.39. The van der Waals surface area contributed by atoms with Gasteiger partial charge in [-0.15, -0.1) is 0 Å². The van der Waals surface area contributed by atoms with E-state index in [2.05, 4.69) is 21.5 Å². The summed E-state index contributed by atoms with van der Waals surface area (Å²) in [5.41, 5.74) is 1.28. The van der Waals surface area contributed by atoms with Crippen molar-refractivity contribution in [1.29, 1.82) is 5.26 Å². The van der Waals surface area contributed by atoms with Gasteiger partial charge in [-0.1, -0.05) is 0 Å². The van der Waals surface area contributed by atoms with Crippen LogP contribution in [0.2, 0.25) is 0 Å². The molecule has 0 bridgehead atoms. The summed E-state index contributed by atoms with van der Waals surface area (Å²) >= 11 is 0. The Balaban J connectivity index is 1.33. The van der Waals surface area contributed by atoms with E-state index >= 15 is 0 Å². The normalized spacial score (nSPS) is 14.7. The maximum Gasteiger partial charge on any atom is 0.254 e. The van der Waals surface area contributed by atoms with Gasteiger partial charge >= 0.3 is 0 Å². The van der Waals surface area contributed by atoms with E-state index in [1.54, 1.807) is 16.9 Å². The van der Waals surface area contributed by atoms with Crippen molar-refractivity contribution in [2.75, 3.05) is 31.2 Å². The molecular weight excluding hydrogens is 506 g/mol. The van der Waals surface area contributed by atoms with Crippen LogP contribution in [0.3, 0.4) is 0 Å². The molecule has 4 aromatic rings. The molecule has 2 N–H and O–H groups in total. The molecule has 1 aliphatic heterocycles. The first-order valence-electron chi connectivity index (χ1n) is 12.5. The predicted molar refractivity (Wildman–Crippen MR) is 139 cm³/mol. The zero-order valence-electron chi connectivity index (χ0n) is 21.2. The molecule has 39 heavy (non-hydrogen) atoms. The van der Waals surface area contributed by atoms with Crippen LogP contribution < -0.4 is 15.0 Å². The lowest BCUT2D eigenvalue weighted by Crippen LogP contribution is -2.57. The standard InChI is InChI=1S/C28H26F2N6O3/c1-2-39-21-12-22(26-19(13-31)15-33-36(26)16-21)18-3-6-25(32-14-18)35-9-7-28(17-37,8-10-35)34-27(38)23-11-20(29)4-5-24(23)30/h3-6,11-12,14-16,37H,2,7-10,17H2,1H3,(H,34,38). The van der Waals surface area contributed by atoms with Crippen LogP contribution >= 0.6 is 0 Å². The fourth-order valence-corrected chi connectivity index (χ4v) is 4.84. The number of halogens is 2. The highest BCUT2D eigenvalue weighted by molar-refractivity contribution is 5.95. The number of piperidine rings is 1. The van der Waals surface area contributed by atoms with Gasteiger partial charge in [0.1, 0.15) is 29.3 Å². The third kappa shape index (κ3) is 5.11. The number of carbonyl (C=O) groups excluding carboxylic acids is 1. The Morgan fingerprint density at radius 3 is 2.67 bits per heavy atom. The molecule has 0 aliphatic carbocycles. The lowest BCUT2D eigenvalue weighted by Gasteiger charge is -2.41. The lowest BCUT2D eigenvalue weighted by molar-refractivity contribution is 0.0783. The predicted octanol–water partition coefficient (Wildman–Crippen LogP) is 3.71. The number of amides is 1. The van der Waals surface area contributed by atoms with E-state index in [0.29, 0.717) is 55.2 Å². The van der Waals surface area contributed by atoms with Crippen LogP contribution in [0.4, 0.5) is 14.6 Å². The molecule has 1 saturated heterocycles. The molecule has 0 spiro atoms. The number of hydrogen-bond donors (Lipinski definition) is 2. The molecule has 5 rings (SSSR count). The second kappa shape index (κ2) is 10.7. The molecule has 1 aliphatic rings. The molecule has 0 atom stereocenters. The van der Waals surface area contributed by atoms with Gasteiger partial charge in [0.2, 0.25) is 0 Å². The SMILES string of the molecule is CCOc1cc(-c2ccc(N3CCC(CO)(NC(=O)c4cc(F)ccc4F)CC3)nc2)c2c(C#N)cnn2c1.